The van der Waals surface area contributed by atoms with E-state index < -0.39 is 0 Å². The topological polar surface area (TPSA) is 84.0 Å². The standard InChI is InChI=1S/C19H30N4O3.HI/c1-4-26-16-11-10-15(12-17(16)25-3)23-19(20-2)21-13-18(24)22-14-8-6-5-7-9-14;/h10-12,14H,4-9,13H2,1-3H3,(H,22,24)(H2,20,21,23);1H. The van der Waals surface area contributed by atoms with Crippen LogP contribution in [0.3, 0.4) is 0 Å². The van der Waals surface area contributed by atoms with Gasteiger partial charge < -0.3 is 25.4 Å². The van der Waals surface area contributed by atoms with Crippen molar-refractivity contribution in [3.63, 3.8) is 0 Å². The smallest absolute Gasteiger partial charge is 0.239 e. The molecule has 27 heavy (non-hydrogen) atoms. The number of rotatable bonds is 7. The molecule has 3 N–H and O–H groups in total. The monoisotopic (exact) mass is 490 g/mol. The fourth-order valence-corrected chi connectivity index (χ4v) is 3.03. The minimum atomic E-state index is -0.0101. The number of ether oxygens (including phenoxy) is 2. The second-order valence-corrected chi connectivity index (χ2v) is 6.25. The minimum absolute atomic E-state index is 0. The van der Waals surface area contributed by atoms with E-state index in [0.29, 0.717) is 30.1 Å². The Hall–Kier alpha value is -1.71. The number of hydrogen-bond acceptors (Lipinski definition) is 4. The SMILES string of the molecule is CCOc1ccc(NC(=NC)NCC(=O)NC2CCCCC2)cc1OC.I. The molecule has 1 aliphatic rings. The molecule has 0 atom stereocenters. The van der Waals surface area contributed by atoms with Crippen LogP contribution in [-0.4, -0.2) is 45.2 Å². The zero-order valence-corrected chi connectivity index (χ0v) is 18.7. The lowest BCUT2D eigenvalue weighted by Crippen LogP contribution is -2.44. The summed E-state index contributed by atoms with van der Waals surface area (Å²) < 4.78 is 10.9. The molecule has 152 valence electrons. The molecule has 0 radical (unpaired) electrons. The molecule has 0 bridgehead atoms. The van der Waals surface area contributed by atoms with E-state index in [2.05, 4.69) is 20.9 Å². The maximum Gasteiger partial charge on any atom is 0.239 e. The Morgan fingerprint density at radius 3 is 2.59 bits per heavy atom. The molecule has 0 saturated heterocycles. The van der Waals surface area contributed by atoms with E-state index >= 15 is 0 Å². The van der Waals surface area contributed by atoms with E-state index in [9.17, 15) is 4.79 Å². The van der Waals surface area contributed by atoms with Gasteiger partial charge in [0, 0.05) is 24.8 Å². The van der Waals surface area contributed by atoms with Crippen LogP contribution in [0.2, 0.25) is 0 Å². The summed E-state index contributed by atoms with van der Waals surface area (Å²) in [7, 11) is 3.27. The van der Waals surface area contributed by atoms with Crippen LogP contribution >= 0.6 is 24.0 Å². The van der Waals surface area contributed by atoms with Crippen LogP contribution in [0.15, 0.2) is 23.2 Å². The number of benzene rings is 1. The molecule has 8 heteroatoms. The molecule has 1 aliphatic carbocycles. The van der Waals surface area contributed by atoms with Crippen LogP contribution in [0.25, 0.3) is 0 Å². The summed E-state index contributed by atoms with van der Waals surface area (Å²) in [6, 6.07) is 5.86. The van der Waals surface area contributed by atoms with Gasteiger partial charge in [-0.1, -0.05) is 19.3 Å². The Bertz CT molecular complexity index is 619. The van der Waals surface area contributed by atoms with E-state index in [4.69, 9.17) is 9.47 Å². The van der Waals surface area contributed by atoms with Gasteiger partial charge in [0.2, 0.25) is 5.91 Å². The van der Waals surface area contributed by atoms with Crippen LogP contribution in [-0.2, 0) is 4.79 Å². The number of guanidine groups is 1. The molecule has 0 unspecified atom stereocenters. The molecule has 0 aromatic heterocycles. The molecular formula is C19H31IN4O3. The number of carbonyl (C=O) groups excluding carboxylic acids is 1. The lowest BCUT2D eigenvalue weighted by Gasteiger charge is -2.23. The Labute approximate surface area is 178 Å². The van der Waals surface area contributed by atoms with Crippen molar-refractivity contribution in [1.82, 2.24) is 10.6 Å². The third kappa shape index (κ3) is 7.82. The maximum absolute atomic E-state index is 12.1. The van der Waals surface area contributed by atoms with Gasteiger partial charge in [-0.3, -0.25) is 9.79 Å². The first-order chi connectivity index (χ1) is 12.7. The number of methoxy groups -OCH3 is 1. The first kappa shape index (κ1) is 23.3. The summed E-state index contributed by atoms with van der Waals surface area (Å²) in [5.41, 5.74) is 0.797. The number of hydrogen-bond donors (Lipinski definition) is 3. The summed E-state index contributed by atoms with van der Waals surface area (Å²) in [5.74, 6) is 1.84. The number of carbonyl (C=O) groups is 1. The highest BCUT2D eigenvalue weighted by Crippen LogP contribution is 2.30. The first-order valence-corrected chi connectivity index (χ1v) is 9.24. The van der Waals surface area contributed by atoms with Gasteiger partial charge in [-0.05, 0) is 31.9 Å². The van der Waals surface area contributed by atoms with Crippen molar-refractivity contribution in [3.05, 3.63) is 18.2 Å². The Balaban J connectivity index is 0.00000364. The van der Waals surface area contributed by atoms with Gasteiger partial charge in [0.15, 0.2) is 17.5 Å². The van der Waals surface area contributed by atoms with Crippen molar-refractivity contribution >= 4 is 41.5 Å². The van der Waals surface area contributed by atoms with Gasteiger partial charge in [0.25, 0.3) is 0 Å². The van der Waals surface area contributed by atoms with Crippen molar-refractivity contribution < 1.29 is 14.3 Å². The van der Waals surface area contributed by atoms with Gasteiger partial charge in [-0.25, -0.2) is 0 Å². The van der Waals surface area contributed by atoms with Crippen LogP contribution in [0.4, 0.5) is 5.69 Å². The fourth-order valence-electron chi connectivity index (χ4n) is 3.03. The molecule has 1 aromatic carbocycles. The highest BCUT2D eigenvalue weighted by molar-refractivity contribution is 14.0. The number of halogens is 1. The quantitative estimate of drug-likeness (QED) is 0.311. The molecule has 7 nitrogen and oxygen atoms in total. The molecular weight excluding hydrogens is 459 g/mol. The molecule has 0 spiro atoms. The molecule has 1 aromatic rings. The van der Waals surface area contributed by atoms with Gasteiger partial charge in [0.1, 0.15) is 0 Å². The first-order valence-electron chi connectivity index (χ1n) is 9.24. The highest BCUT2D eigenvalue weighted by Gasteiger charge is 2.15. The van der Waals surface area contributed by atoms with Crippen LogP contribution in [0, 0.1) is 0 Å². The fraction of sp³-hybridized carbons (Fsp3) is 0.579. The summed E-state index contributed by atoms with van der Waals surface area (Å²) in [4.78, 5) is 16.3. The van der Waals surface area contributed by atoms with Crippen molar-refractivity contribution in [1.29, 1.82) is 0 Å². The Morgan fingerprint density at radius 2 is 1.96 bits per heavy atom. The molecule has 1 amide bonds. The van der Waals surface area contributed by atoms with Crippen molar-refractivity contribution in [2.75, 3.05) is 32.6 Å². The second-order valence-electron chi connectivity index (χ2n) is 6.25. The van der Waals surface area contributed by atoms with E-state index in [1.54, 1.807) is 14.2 Å². The molecule has 0 heterocycles. The molecule has 1 fully saturated rings. The lowest BCUT2D eigenvalue weighted by atomic mass is 9.95. The number of anilines is 1. The minimum Gasteiger partial charge on any atom is -0.493 e. The predicted molar refractivity (Wildman–Crippen MR) is 120 cm³/mol. The van der Waals surface area contributed by atoms with E-state index in [1.807, 2.05) is 25.1 Å². The van der Waals surface area contributed by atoms with Gasteiger partial charge in [0.05, 0.1) is 20.3 Å². The lowest BCUT2D eigenvalue weighted by molar-refractivity contribution is -0.120. The Morgan fingerprint density at radius 1 is 1.22 bits per heavy atom. The van der Waals surface area contributed by atoms with E-state index in [-0.39, 0.29) is 36.4 Å². The third-order valence-electron chi connectivity index (χ3n) is 4.34. The average molecular weight is 490 g/mol. The summed E-state index contributed by atoms with van der Waals surface area (Å²) in [6.07, 6.45) is 5.81. The Kier molecular flexibility index (Phi) is 10.9. The van der Waals surface area contributed by atoms with E-state index in [0.717, 1.165) is 18.5 Å². The summed E-state index contributed by atoms with van der Waals surface area (Å²) >= 11 is 0. The van der Waals surface area contributed by atoms with Crippen LogP contribution in [0.1, 0.15) is 39.0 Å². The highest BCUT2D eigenvalue weighted by atomic mass is 127. The van der Waals surface area contributed by atoms with Crippen molar-refractivity contribution in [3.8, 4) is 11.5 Å². The second kappa shape index (κ2) is 12.6. The van der Waals surface area contributed by atoms with Crippen LogP contribution in [0.5, 0.6) is 11.5 Å². The average Bonchev–Trinajstić information content (AvgIpc) is 2.67. The van der Waals surface area contributed by atoms with Crippen molar-refractivity contribution in [2.45, 2.75) is 45.1 Å². The number of amides is 1. The number of aliphatic imine (C=N–C) groups is 1. The largest absolute Gasteiger partial charge is 0.493 e. The van der Waals surface area contributed by atoms with Gasteiger partial charge >= 0.3 is 0 Å². The predicted octanol–water partition coefficient (Wildman–Crippen LogP) is 3.15. The number of nitrogens with zero attached hydrogens (tertiary/aromatic N) is 1. The molecule has 1 saturated carbocycles. The van der Waals surface area contributed by atoms with Gasteiger partial charge in [-0.15, -0.1) is 24.0 Å². The van der Waals surface area contributed by atoms with Gasteiger partial charge in [-0.2, -0.15) is 0 Å². The zero-order valence-electron chi connectivity index (χ0n) is 16.3. The maximum atomic E-state index is 12.1. The number of nitrogens with one attached hydrogen (secondary N) is 3. The summed E-state index contributed by atoms with van der Waals surface area (Å²) in [5, 5.41) is 9.28. The van der Waals surface area contributed by atoms with Crippen molar-refractivity contribution in [2.24, 2.45) is 4.99 Å². The third-order valence-corrected chi connectivity index (χ3v) is 4.34. The van der Waals surface area contributed by atoms with Crippen LogP contribution < -0.4 is 25.4 Å². The normalized spacial score (nSPS) is 14.7. The summed E-state index contributed by atoms with van der Waals surface area (Å²) in [6.45, 7) is 2.68. The zero-order chi connectivity index (χ0) is 18.8. The molecule has 2 rings (SSSR count). The molecule has 0 aliphatic heterocycles. The van der Waals surface area contributed by atoms with E-state index in [1.165, 1.54) is 19.3 Å².